The van der Waals surface area contributed by atoms with Crippen LogP contribution in [0.3, 0.4) is 0 Å². The van der Waals surface area contributed by atoms with Gasteiger partial charge in [-0.1, -0.05) is 32.0 Å². The quantitative estimate of drug-likeness (QED) is 0.788. The molecular formula is C17H26N2O4S. The highest BCUT2D eigenvalue weighted by Gasteiger charge is 2.39. The molecule has 6 nitrogen and oxygen atoms in total. The summed E-state index contributed by atoms with van der Waals surface area (Å²) in [6.07, 6.45) is -0.522. The molecule has 1 N–H and O–H groups in total. The third kappa shape index (κ3) is 4.55. The maximum absolute atomic E-state index is 12.8. The number of nitrogens with one attached hydrogen (secondary N) is 1. The molecule has 1 aliphatic rings. The van der Waals surface area contributed by atoms with E-state index in [9.17, 15) is 13.2 Å². The van der Waals surface area contributed by atoms with Crippen molar-refractivity contribution in [3.05, 3.63) is 30.3 Å². The van der Waals surface area contributed by atoms with Gasteiger partial charge in [-0.15, -0.1) is 0 Å². The molecule has 2 rings (SSSR count). The Balaban J connectivity index is 2.00. The molecule has 2 atom stereocenters. The van der Waals surface area contributed by atoms with Crippen LogP contribution >= 0.6 is 0 Å². The van der Waals surface area contributed by atoms with E-state index in [1.54, 1.807) is 42.3 Å². The van der Waals surface area contributed by atoms with E-state index in [0.29, 0.717) is 25.6 Å². The molecule has 0 spiro atoms. The minimum atomic E-state index is -3.49. The largest absolute Gasteiger partial charge is 0.366 e. The van der Waals surface area contributed by atoms with Crippen molar-refractivity contribution in [1.29, 1.82) is 0 Å². The molecular weight excluding hydrogens is 328 g/mol. The van der Waals surface area contributed by atoms with Crippen LogP contribution in [0.5, 0.6) is 0 Å². The van der Waals surface area contributed by atoms with Crippen LogP contribution in [0.1, 0.15) is 13.8 Å². The van der Waals surface area contributed by atoms with Crippen molar-refractivity contribution in [2.24, 2.45) is 5.92 Å². The molecule has 1 aromatic rings. The number of rotatable bonds is 7. The van der Waals surface area contributed by atoms with Gasteiger partial charge in [0, 0.05) is 26.7 Å². The van der Waals surface area contributed by atoms with Gasteiger partial charge in [-0.25, -0.2) is 8.42 Å². The minimum Gasteiger partial charge on any atom is -0.366 e. The fraction of sp³-hybridized carbons (Fsp3) is 0.588. The number of benzene rings is 1. The van der Waals surface area contributed by atoms with E-state index in [1.165, 1.54) is 0 Å². The van der Waals surface area contributed by atoms with E-state index in [-0.39, 0.29) is 17.4 Å². The van der Waals surface area contributed by atoms with Crippen LogP contribution in [0.25, 0.3) is 0 Å². The molecule has 0 aromatic heterocycles. The molecule has 1 saturated heterocycles. The second kappa shape index (κ2) is 8.09. The Kier molecular flexibility index (Phi) is 6.37. The molecule has 1 aliphatic heterocycles. The molecule has 0 bridgehead atoms. The lowest BCUT2D eigenvalue weighted by Gasteiger charge is -2.23. The monoisotopic (exact) mass is 354 g/mol. The number of hydrogen-bond donors (Lipinski definition) is 1. The van der Waals surface area contributed by atoms with E-state index in [1.807, 2.05) is 13.8 Å². The van der Waals surface area contributed by atoms with Gasteiger partial charge < -0.3 is 15.0 Å². The van der Waals surface area contributed by atoms with Crippen LogP contribution in [0, 0.1) is 5.92 Å². The maximum atomic E-state index is 12.8. The molecule has 0 aliphatic carbocycles. The fourth-order valence-electron chi connectivity index (χ4n) is 2.83. The lowest BCUT2D eigenvalue weighted by Crippen LogP contribution is -2.39. The Hall–Kier alpha value is -1.44. The van der Waals surface area contributed by atoms with Crippen molar-refractivity contribution in [3.63, 3.8) is 0 Å². The summed E-state index contributed by atoms with van der Waals surface area (Å²) in [7, 11) is -1.75. The highest BCUT2D eigenvalue weighted by molar-refractivity contribution is 7.92. The fourth-order valence-corrected chi connectivity index (χ4v) is 4.63. The SMILES string of the molecule is CC(C)CN(C)C(=O)COC1CNC[C@H]1S(=O)(=O)c1ccccc1. The number of carbonyl (C=O) groups is 1. The number of hydrogen-bond acceptors (Lipinski definition) is 5. The standard InChI is InChI=1S/C17H26N2O4S/c1-13(2)11-19(3)17(20)12-23-15-9-18-10-16(15)24(21,22)14-7-5-4-6-8-14/h4-8,13,15-16,18H,9-12H2,1-3H3/t15?,16-/m1/s1. The van der Waals surface area contributed by atoms with Crippen molar-refractivity contribution < 1.29 is 17.9 Å². The molecule has 134 valence electrons. The molecule has 0 saturated carbocycles. The van der Waals surface area contributed by atoms with Crippen molar-refractivity contribution in [2.45, 2.75) is 30.1 Å². The number of likely N-dealkylation sites (N-methyl/N-ethyl adjacent to an activating group) is 1. The highest BCUT2D eigenvalue weighted by Crippen LogP contribution is 2.22. The first-order valence-corrected chi connectivity index (χ1v) is 9.72. The second-order valence-corrected chi connectivity index (χ2v) is 8.74. The second-order valence-electron chi connectivity index (χ2n) is 6.57. The van der Waals surface area contributed by atoms with E-state index >= 15 is 0 Å². The third-order valence-electron chi connectivity index (χ3n) is 4.06. The normalized spacial score (nSPS) is 21.2. The highest BCUT2D eigenvalue weighted by atomic mass is 32.2. The Morgan fingerprint density at radius 1 is 1.29 bits per heavy atom. The predicted molar refractivity (Wildman–Crippen MR) is 92.5 cm³/mol. The van der Waals surface area contributed by atoms with Crippen LogP contribution in [0.4, 0.5) is 0 Å². The first-order chi connectivity index (χ1) is 11.3. The van der Waals surface area contributed by atoms with E-state index < -0.39 is 21.2 Å². The minimum absolute atomic E-state index is 0.101. The van der Waals surface area contributed by atoms with Crippen LogP contribution in [-0.2, 0) is 19.4 Å². The lowest BCUT2D eigenvalue weighted by atomic mass is 10.2. The van der Waals surface area contributed by atoms with Crippen molar-refractivity contribution in [1.82, 2.24) is 10.2 Å². The zero-order chi connectivity index (χ0) is 17.7. The summed E-state index contributed by atoms with van der Waals surface area (Å²) in [5, 5.41) is 2.38. The summed E-state index contributed by atoms with van der Waals surface area (Å²) in [4.78, 5) is 14.0. The first-order valence-electron chi connectivity index (χ1n) is 8.17. The summed E-state index contributed by atoms with van der Waals surface area (Å²) in [6.45, 7) is 5.38. The van der Waals surface area contributed by atoms with Gasteiger partial charge in [0.05, 0.1) is 11.0 Å². The van der Waals surface area contributed by atoms with E-state index in [0.717, 1.165) is 0 Å². The molecule has 1 amide bonds. The Bertz CT molecular complexity index is 646. The average molecular weight is 354 g/mol. The summed E-state index contributed by atoms with van der Waals surface area (Å²) in [6, 6.07) is 8.37. The van der Waals surface area contributed by atoms with E-state index in [4.69, 9.17) is 4.74 Å². The summed E-state index contributed by atoms with van der Waals surface area (Å²) in [5.41, 5.74) is 0. The van der Waals surface area contributed by atoms with Crippen molar-refractivity contribution in [3.8, 4) is 0 Å². The van der Waals surface area contributed by atoms with Crippen LogP contribution in [0.2, 0.25) is 0 Å². The van der Waals surface area contributed by atoms with Gasteiger partial charge in [0.2, 0.25) is 5.91 Å². The first kappa shape index (κ1) is 18.9. The molecule has 1 aromatic carbocycles. The van der Waals surface area contributed by atoms with Crippen LogP contribution in [0.15, 0.2) is 35.2 Å². The lowest BCUT2D eigenvalue weighted by molar-refractivity contribution is -0.136. The van der Waals surface area contributed by atoms with Gasteiger partial charge in [0.15, 0.2) is 9.84 Å². The van der Waals surface area contributed by atoms with Crippen molar-refractivity contribution >= 4 is 15.7 Å². The van der Waals surface area contributed by atoms with Crippen LogP contribution in [-0.4, -0.2) is 63.9 Å². The Morgan fingerprint density at radius 3 is 2.58 bits per heavy atom. The smallest absolute Gasteiger partial charge is 0.248 e. The van der Waals surface area contributed by atoms with E-state index in [2.05, 4.69) is 5.32 Å². The van der Waals surface area contributed by atoms with Gasteiger partial charge in [0.1, 0.15) is 11.9 Å². The predicted octanol–water partition coefficient (Wildman–Crippen LogP) is 0.932. The van der Waals surface area contributed by atoms with Crippen LogP contribution < -0.4 is 5.32 Å². The zero-order valence-electron chi connectivity index (χ0n) is 14.4. The maximum Gasteiger partial charge on any atom is 0.248 e. The molecule has 7 heteroatoms. The molecule has 1 heterocycles. The van der Waals surface area contributed by atoms with Gasteiger partial charge in [0.25, 0.3) is 0 Å². The van der Waals surface area contributed by atoms with Crippen molar-refractivity contribution in [2.75, 3.05) is 33.3 Å². The van der Waals surface area contributed by atoms with Gasteiger partial charge in [-0.05, 0) is 18.1 Å². The topological polar surface area (TPSA) is 75.7 Å². The zero-order valence-corrected chi connectivity index (χ0v) is 15.3. The molecule has 1 fully saturated rings. The number of nitrogens with zero attached hydrogens (tertiary/aromatic N) is 1. The Morgan fingerprint density at radius 2 is 1.96 bits per heavy atom. The molecule has 1 unspecified atom stereocenters. The summed E-state index contributed by atoms with van der Waals surface area (Å²) in [5.74, 6) is 0.241. The average Bonchev–Trinajstić information content (AvgIpc) is 3.02. The number of ether oxygens (including phenoxy) is 1. The number of carbonyl (C=O) groups excluding carboxylic acids is 1. The summed E-state index contributed by atoms with van der Waals surface area (Å²) >= 11 is 0. The van der Waals surface area contributed by atoms with Gasteiger partial charge in [-0.3, -0.25) is 4.79 Å². The van der Waals surface area contributed by atoms with Gasteiger partial charge in [-0.2, -0.15) is 0 Å². The third-order valence-corrected chi connectivity index (χ3v) is 6.26. The summed E-state index contributed by atoms with van der Waals surface area (Å²) < 4.78 is 31.2. The number of sulfone groups is 1. The number of amides is 1. The molecule has 24 heavy (non-hydrogen) atoms. The molecule has 0 radical (unpaired) electrons. The Labute approximate surface area is 144 Å². The van der Waals surface area contributed by atoms with Gasteiger partial charge >= 0.3 is 0 Å².